The number of rotatable bonds is 2. The molecule has 1 atom stereocenters. The Morgan fingerprint density at radius 1 is 1.26 bits per heavy atom. The van der Waals surface area contributed by atoms with E-state index in [1.807, 2.05) is 28.0 Å². The Kier molecular flexibility index (Phi) is 3.42. The number of piperidine rings is 1. The number of amides is 2. The van der Waals surface area contributed by atoms with Gasteiger partial charge in [-0.25, -0.2) is 4.79 Å². The maximum Gasteiger partial charge on any atom is 0.324 e. The fourth-order valence-corrected chi connectivity index (χ4v) is 3.08. The van der Waals surface area contributed by atoms with Crippen molar-refractivity contribution in [1.82, 2.24) is 10.2 Å². The molecule has 2 saturated heterocycles. The van der Waals surface area contributed by atoms with E-state index in [1.165, 1.54) is 12.0 Å². The number of aryl methyl sites for hydroxylation is 1. The molecule has 4 heteroatoms. The van der Waals surface area contributed by atoms with Crippen LogP contribution in [0.4, 0.5) is 10.5 Å². The number of carbonyl (C=O) groups excluding carboxylic acids is 1. The maximum atomic E-state index is 12.6. The molecular formula is C15H21N3O. The summed E-state index contributed by atoms with van der Waals surface area (Å²) in [5.41, 5.74) is 2.22. The topological polar surface area (TPSA) is 35.6 Å². The van der Waals surface area contributed by atoms with Gasteiger partial charge in [0.15, 0.2) is 0 Å². The van der Waals surface area contributed by atoms with Crippen molar-refractivity contribution >= 4 is 11.7 Å². The van der Waals surface area contributed by atoms with Gasteiger partial charge in [-0.1, -0.05) is 18.2 Å². The summed E-state index contributed by atoms with van der Waals surface area (Å²) in [4.78, 5) is 16.5. The highest BCUT2D eigenvalue weighted by atomic mass is 16.2. The van der Waals surface area contributed by atoms with E-state index in [9.17, 15) is 4.79 Å². The summed E-state index contributed by atoms with van der Waals surface area (Å²) in [5.74, 6) is 0. The highest BCUT2D eigenvalue weighted by molar-refractivity contribution is 5.95. The van der Waals surface area contributed by atoms with Gasteiger partial charge in [-0.05, 0) is 37.9 Å². The van der Waals surface area contributed by atoms with Crippen molar-refractivity contribution < 1.29 is 4.79 Å². The van der Waals surface area contributed by atoms with Crippen LogP contribution in [0.1, 0.15) is 18.4 Å². The first kappa shape index (κ1) is 12.5. The van der Waals surface area contributed by atoms with Gasteiger partial charge in [0.25, 0.3) is 0 Å². The van der Waals surface area contributed by atoms with Crippen molar-refractivity contribution in [3.8, 4) is 0 Å². The second-order valence-corrected chi connectivity index (χ2v) is 5.41. The fraction of sp³-hybridized carbons (Fsp3) is 0.533. The van der Waals surface area contributed by atoms with Gasteiger partial charge in [-0.15, -0.1) is 0 Å². The maximum absolute atomic E-state index is 12.6. The quantitative estimate of drug-likeness (QED) is 0.881. The number of nitrogens with zero attached hydrogens (tertiary/aromatic N) is 2. The van der Waals surface area contributed by atoms with Gasteiger partial charge in [0.2, 0.25) is 0 Å². The predicted octanol–water partition coefficient (Wildman–Crippen LogP) is 1.99. The minimum Gasteiger partial charge on any atom is -0.318 e. The standard InChI is InChI=1S/C15H21N3O/c1-12-5-2-3-7-14(12)18-10-9-17(15(18)19)13-6-4-8-16-11-13/h2-3,5,7,13,16H,4,6,8-11H2,1H3. The van der Waals surface area contributed by atoms with Crippen molar-refractivity contribution in [3.63, 3.8) is 0 Å². The molecule has 2 aliphatic rings. The van der Waals surface area contributed by atoms with E-state index in [4.69, 9.17) is 0 Å². The second kappa shape index (κ2) is 5.21. The molecule has 0 aliphatic carbocycles. The molecule has 0 radical (unpaired) electrons. The molecule has 102 valence electrons. The van der Waals surface area contributed by atoms with Crippen LogP contribution in [0.25, 0.3) is 0 Å². The lowest BCUT2D eigenvalue weighted by Crippen LogP contribution is -2.47. The summed E-state index contributed by atoms with van der Waals surface area (Å²) in [6, 6.07) is 8.66. The van der Waals surface area contributed by atoms with Crippen LogP contribution in [0.15, 0.2) is 24.3 Å². The highest BCUT2D eigenvalue weighted by Gasteiger charge is 2.35. The van der Waals surface area contributed by atoms with Crippen LogP contribution in [0, 0.1) is 6.92 Å². The van der Waals surface area contributed by atoms with E-state index < -0.39 is 0 Å². The van der Waals surface area contributed by atoms with E-state index >= 15 is 0 Å². The average molecular weight is 259 g/mol. The molecule has 1 unspecified atom stereocenters. The molecule has 19 heavy (non-hydrogen) atoms. The second-order valence-electron chi connectivity index (χ2n) is 5.41. The monoisotopic (exact) mass is 259 g/mol. The van der Waals surface area contributed by atoms with Crippen molar-refractivity contribution in [2.75, 3.05) is 31.1 Å². The van der Waals surface area contributed by atoms with E-state index in [0.29, 0.717) is 6.04 Å². The minimum atomic E-state index is 0.169. The van der Waals surface area contributed by atoms with E-state index in [2.05, 4.69) is 18.3 Å². The van der Waals surface area contributed by atoms with Crippen LogP contribution >= 0.6 is 0 Å². The van der Waals surface area contributed by atoms with Gasteiger partial charge in [-0.3, -0.25) is 4.90 Å². The first-order valence-corrected chi connectivity index (χ1v) is 7.12. The zero-order valence-electron chi connectivity index (χ0n) is 11.4. The summed E-state index contributed by atoms with van der Waals surface area (Å²) in [5, 5.41) is 3.39. The lowest BCUT2D eigenvalue weighted by Gasteiger charge is -2.31. The van der Waals surface area contributed by atoms with Gasteiger partial charge in [0.1, 0.15) is 0 Å². The van der Waals surface area contributed by atoms with Crippen LogP contribution in [-0.4, -0.2) is 43.2 Å². The minimum absolute atomic E-state index is 0.169. The molecular weight excluding hydrogens is 238 g/mol. The average Bonchev–Trinajstić information content (AvgIpc) is 2.82. The third-order valence-corrected chi connectivity index (χ3v) is 4.16. The smallest absolute Gasteiger partial charge is 0.318 e. The van der Waals surface area contributed by atoms with Gasteiger partial charge < -0.3 is 10.2 Å². The Balaban J connectivity index is 1.76. The molecule has 3 rings (SSSR count). The summed E-state index contributed by atoms with van der Waals surface area (Å²) in [6.45, 7) is 5.74. The number of anilines is 1. The van der Waals surface area contributed by atoms with Gasteiger partial charge in [0, 0.05) is 31.4 Å². The van der Waals surface area contributed by atoms with Crippen LogP contribution in [0.5, 0.6) is 0 Å². The number of hydrogen-bond donors (Lipinski definition) is 1. The Morgan fingerprint density at radius 2 is 2.11 bits per heavy atom. The van der Waals surface area contributed by atoms with E-state index in [1.54, 1.807) is 0 Å². The molecule has 2 aliphatic heterocycles. The molecule has 4 nitrogen and oxygen atoms in total. The number of benzene rings is 1. The lowest BCUT2D eigenvalue weighted by atomic mass is 10.1. The zero-order chi connectivity index (χ0) is 13.2. The Bertz CT molecular complexity index is 468. The third-order valence-electron chi connectivity index (χ3n) is 4.16. The molecule has 0 saturated carbocycles. The molecule has 0 aromatic heterocycles. The summed E-state index contributed by atoms with van der Waals surface area (Å²) in [6.07, 6.45) is 2.29. The SMILES string of the molecule is Cc1ccccc1N1CCN(C2CCCNC2)C1=O. The molecule has 2 amide bonds. The molecule has 2 fully saturated rings. The Hall–Kier alpha value is -1.55. The number of para-hydroxylation sites is 1. The van der Waals surface area contributed by atoms with Crippen LogP contribution in [0.3, 0.4) is 0 Å². The molecule has 0 bridgehead atoms. The first-order valence-electron chi connectivity index (χ1n) is 7.12. The molecule has 1 N–H and O–H groups in total. The van der Waals surface area contributed by atoms with Gasteiger partial charge in [-0.2, -0.15) is 0 Å². The highest BCUT2D eigenvalue weighted by Crippen LogP contribution is 2.26. The van der Waals surface area contributed by atoms with Gasteiger partial charge in [0.05, 0.1) is 0 Å². The van der Waals surface area contributed by atoms with Gasteiger partial charge >= 0.3 is 6.03 Å². The number of urea groups is 1. The first-order chi connectivity index (χ1) is 9.27. The van der Waals surface area contributed by atoms with Crippen LogP contribution in [0.2, 0.25) is 0 Å². The summed E-state index contributed by atoms with van der Waals surface area (Å²) >= 11 is 0. The number of nitrogens with one attached hydrogen (secondary N) is 1. The summed E-state index contributed by atoms with van der Waals surface area (Å²) in [7, 11) is 0. The molecule has 1 aromatic rings. The third kappa shape index (κ3) is 2.32. The van der Waals surface area contributed by atoms with Crippen LogP contribution in [-0.2, 0) is 0 Å². The molecule has 0 spiro atoms. The van der Waals surface area contributed by atoms with Crippen LogP contribution < -0.4 is 10.2 Å². The fourth-order valence-electron chi connectivity index (χ4n) is 3.08. The van der Waals surface area contributed by atoms with Crippen molar-refractivity contribution in [2.45, 2.75) is 25.8 Å². The largest absolute Gasteiger partial charge is 0.324 e. The normalized spacial score (nSPS) is 24.1. The Labute approximate surface area is 114 Å². The van der Waals surface area contributed by atoms with Crippen molar-refractivity contribution in [3.05, 3.63) is 29.8 Å². The van der Waals surface area contributed by atoms with E-state index in [0.717, 1.165) is 38.3 Å². The lowest BCUT2D eigenvalue weighted by molar-refractivity contribution is 0.187. The number of carbonyl (C=O) groups is 1. The molecule has 1 aromatic carbocycles. The van der Waals surface area contributed by atoms with Crippen molar-refractivity contribution in [2.24, 2.45) is 0 Å². The summed E-state index contributed by atoms with van der Waals surface area (Å²) < 4.78 is 0. The predicted molar refractivity (Wildman–Crippen MR) is 76.5 cm³/mol. The number of hydrogen-bond acceptors (Lipinski definition) is 2. The van der Waals surface area contributed by atoms with Crippen molar-refractivity contribution in [1.29, 1.82) is 0 Å². The van der Waals surface area contributed by atoms with E-state index in [-0.39, 0.29) is 6.03 Å². The molecule has 2 heterocycles. The zero-order valence-corrected chi connectivity index (χ0v) is 11.4. The Morgan fingerprint density at radius 3 is 2.84 bits per heavy atom.